The Labute approximate surface area is 99.4 Å². The molecule has 0 fully saturated rings. The van der Waals surface area contributed by atoms with E-state index in [4.69, 9.17) is 5.73 Å². The number of benzene rings is 1. The van der Waals surface area contributed by atoms with E-state index in [0.717, 1.165) is 0 Å². The predicted octanol–water partition coefficient (Wildman–Crippen LogP) is 3.91. The van der Waals surface area contributed by atoms with Crippen molar-refractivity contribution in [1.29, 1.82) is 0 Å². The van der Waals surface area contributed by atoms with Gasteiger partial charge in [0.1, 0.15) is 0 Å². The molecule has 0 saturated carbocycles. The second kappa shape index (κ2) is 5.86. The van der Waals surface area contributed by atoms with E-state index >= 15 is 0 Å². The maximum absolute atomic E-state index is 5.51. The lowest BCUT2D eigenvalue weighted by atomic mass is 9.92. The minimum atomic E-state index is 0.554. The molecule has 0 radical (unpaired) electrons. The molecule has 0 heterocycles. The van der Waals surface area contributed by atoms with Crippen molar-refractivity contribution in [2.75, 3.05) is 6.54 Å². The van der Waals surface area contributed by atoms with Crippen LogP contribution in [0.15, 0.2) is 24.3 Å². The zero-order chi connectivity index (χ0) is 12.1. The van der Waals surface area contributed by atoms with Crippen molar-refractivity contribution in [3.63, 3.8) is 0 Å². The van der Waals surface area contributed by atoms with Gasteiger partial charge in [-0.3, -0.25) is 0 Å². The van der Waals surface area contributed by atoms with E-state index in [2.05, 4.69) is 52.0 Å². The summed E-state index contributed by atoms with van der Waals surface area (Å²) >= 11 is 0. The second-order valence-corrected chi connectivity index (χ2v) is 4.84. The Morgan fingerprint density at radius 1 is 1.12 bits per heavy atom. The van der Waals surface area contributed by atoms with Gasteiger partial charge in [-0.05, 0) is 28.5 Å². The molecule has 1 rings (SSSR count). The van der Waals surface area contributed by atoms with Crippen LogP contribution in [0.5, 0.6) is 0 Å². The van der Waals surface area contributed by atoms with Crippen molar-refractivity contribution < 1.29 is 0 Å². The molecule has 1 aromatic carbocycles. The molecule has 1 heteroatoms. The molecular weight excluding hydrogens is 194 g/mol. The molecule has 1 aromatic rings. The van der Waals surface area contributed by atoms with E-state index < -0.39 is 0 Å². The monoisotopic (exact) mass is 217 g/mol. The van der Waals surface area contributed by atoms with E-state index in [1.54, 1.807) is 0 Å². The topological polar surface area (TPSA) is 26.0 Å². The summed E-state index contributed by atoms with van der Waals surface area (Å²) in [7, 11) is 0. The minimum Gasteiger partial charge on any atom is -0.327 e. The number of hydrogen-bond acceptors (Lipinski definition) is 1. The lowest BCUT2D eigenvalue weighted by Crippen LogP contribution is -1.97. The minimum absolute atomic E-state index is 0.554. The van der Waals surface area contributed by atoms with Crippen molar-refractivity contribution >= 4 is 6.08 Å². The van der Waals surface area contributed by atoms with Crippen LogP contribution in [0.2, 0.25) is 0 Å². The SMILES string of the molecule is CC(C)c1ccc(C(C)C)c(/C=C/CN)c1. The summed E-state index contributed by atoms with van der Waals surface area (Å²) in [5.41, 5.74) is 9.61. The molecule has 0 spiro atoms. The normalized spacial score (nSPS) is 11.9. The molecule has 0 bridgehead atoms. The lowest BCUT2D eigenvalue weighted by molar-refractivity contribution is 0.842. The zero-order valence-corrected chi connectivity index (χ0v) is 10.8. The summed E-state index contributed by atoms with van der Waals surface area (Å²) < 4.78 is 0. The molecule has 0 amide bonds. The number of nitrogens with two attached hydrogens (primary N) is 1. The summed E-state index contributed by atoms with van der Waals surface area (Å²) in [4.78, 5) is 0. The first-order valence-corrected chi connectivity index (χ1v) is 6.06. The molecule has 16 heavy (non-hydrogen) atoms. The summed E-state index contributed by atoms with van der Waals surface area (Å²) in [5, 5.41) is 0. The van der Waals surface area contributed by atoms with Gasteiger partial charge in [-0.1, -0.05) is 58.0 Å². The van der Waals surface area contributed by atoms with Gasteiger partial charge in [0, 0.05) is 6.54 Å². The van der Waals surface area contributed by atoms with Crippen LogP contribution in [-0.4, -0.2) is 6.54 Å². The fraction of sp³-hybridized carbons (Fsp3) is 0.467. The zero-order valence-electron chi connectivity index (χ0n) is 10.8. The highest BCUT2D eigenvalue weighted by Gasteiger charge is 2.07. The van der Waals surface area contributed by atoms with Crippen LogP contribution in [0, 0.1) is 0 Å². The molecule has 0 atom stereocenters. The van der Waals surface area contributed by atoms with Crippen LogP contribution >= 0.6 is 0 Å². The highest BCUT2D eigenvalue weighted by atomic mass is 14.5. The van der Waals surface area contributed by atoms with E-state index in [9.17, 15) is 0 Å². The predicted molar refractivity (Wildman–Crippen MR) is 72.7 cm³/mol. The Bertz CT molecular complexity index is 362. The number of hydrogen-bond donors (Lipinski definition) is 1. The average Bonchev–Trinajstić information content (AvgIpc) is 2.25. The fourth-order valence-corrected chi connectivity index (χ4v) is 1.82. The van der Waals surface area contributed by atoms with Gasteiger partial charge < -0.3 is 5.73 Å². The molecule has 0 aliphatic heterocycles. The smallest absolute Gasteiger partial charge is 0.0110 e. The Morgan fingerprint density at radius 3 is 2.31 bits per heavy atom. The van der Waals surface area contributed by atoms with Gasteiger partial charge in [0.05, 0.1) is 0 Å². The van der Waals surface area contributed by atoms with Gasteiger partial charge in [-0.15, -0.1) is 0 Å². The van der Waals surface area contributed by atoms with Crippen LogP contribution in [0.25, 0.3) is 6.08 Å². The molecule has 0 aliphatic rings. The lowest BCUT2D eigenvalue weighted by Gasteiger charge is -2.13. The Hall–Kier alpha value is -1.08. The van der Waals surface area contributed by atoms with E-state index in [1.165, 1.54) is 16.7 Å². The summed E-state index contributed by atoms with van der Waals surface area (Å²) in [5.74, 6) is 1.13. The molecule has 0 aromatic heterocycles. The maximum atomic E-state index is 5.51. The Morgan fingerprint density at radius 2 is 1.81 bits per heavy atom. The third kappa shape index (κ3) is 3.21. The highest BCUT2D eigenvalue weighted by molar-refractivity contribution is 5.56. The van der Waals surface area contributed by atoms with Crippen molar-refractivity contribution in [2.45, 2.75) is 39.5 Å². The third-order valence-electron chi connectivity index (χ3n) is 2.83. The van der Waals surface area contributed by atoms with Gasteiger partial charge in [-0.25, -0.2) is 0 Å². The Balaban J connectivity index is 3.15. The molecule has 0 unspecified atom stereocenters. The summed E-state index contributed by atoms with van der Waals surface area (Å²) in [6.07, 6.45) is 4.16. The Kier molecular flexibility index (Phi) is 4.75. The van der Waals surface area contributed by atoms with Gasteiger partial charge in [0.25, 0.3) is 0 Å². The molecule has 2 N–H and O–H groups in total. The average molecular weight is 217 g/mol. The quantitative estimate of drug-likeness (QED) is 0.813. The summed E-state index contributed by atoms with van der Waals surface area (Å²) in [6.45, 7) is 9.50. The van der Waals surface area contributed by atoms with Crippen molar-refractivity contribution in [3.8, 4) is 0 Å². The van der Waals surface area contributed by atoms with Crippen LogP contribution < -0.4 is 5.73 Å². The number of rotatable bonds is 4. The van der Waals surface area contributed by atoms with E-state index in [1.807, 2.05) is 6.08 Å². The van der Waals surface area contributed by atoms with Gasteiger partial charge in [0.15, 0.2) is 0 Å². The van der Waals surface area contributed by atoms with Crippen molar-refractivity contribution in [1.82, 2.24) is 0 Å². The molecule has 0 aliphatic carbocycles. The van der Waals surface area contributed by atoms with Gasteiger partial charge in [0.2, 0.25) is 0 Å². The first-order chi connectivity index (χ1) is 7.56. The van der Waals surface area contributed by atoms with Crippen LogP contribution in [-0.2, 0) is 0 Å². The van der Waals surface area contributed by atoms with Crippen molar-refractivity contribution in [3.05, 3.63) is 41.0 Å². The molecule has 88 valence electrons. The van der Waals surface area contributed by atoms with E-state index in [0.29, 0.717) is 18.4 Å². The first kappa shape index (κ1) is 13.0. The third-order valence-corrected chi connectivity index (χ3v) is 2.83. The molecule has 0 saturated heterocycles. The fourth-order valence-electron chi connectivity index (χ4n) is 1.82. The molecule has 1 nitrogen and oxygen atoms in total. The largest absolute Gasteiger partial charge is 0.327 e. The van der Waals surface area contributed by atoms with Gasteiger partial charge in [-0.2, -0.15) is 0 Å². The van der Waals surface area contributed by atoms with E-state index in [-0.39, 0.29) is 0 Å². The standard InChI is InChI=1S/C15H23N/c1-11(2)13-7-8-15(12(3)4)14(10-13)6-5-9-16/h5-8,10-12H,9,16H2,1-4H3/b6-5+. The highest BCUT2D eigenvalue weighted by Crippen LogP contribution is 2.25. The first-order valence-electron chi connectivity index (χ1n) is 6.06. The second-order valence-electron chi connectivity index (χ2n) is 4.84. The van der Waals surface area contributed by atoms with Crippen LogP contribution in [0.1, 0.15) is 56.2 Å². The molecular formula is C15H23N. The van der Waals surface area contributed by atoms with Gasteiger partial charge >= 0.3 is 0 Å². The summed E-state index contributed by atoms with van der Waals surface area (Å²) in [6, 6.07) is 6.77. The maximum Gasteiger partial charge on any atom is 0.0110 e. The van der Waals surface area contributed by atoms with Crippen LogP contribution in [0.3, 0.4) is 0 Å². The van der Waals surface area contributed by atoms with Crippen LogP contribution in [0.4, 0.5) is 0 Å². The van der Waals surface area contributed by atoms with Crippen molar-refractivity contribution in [2.24, 2.45) is 5.73 Å².